The molecule has 0 rings (SSSR count). The molecule has 0 saturated carbocycles. The minimum atomic E-state index is 0. The van der Waals surface area contributed by atoms with Crippen LogP contribution in [0.3, 0.4) is 0 Å². The second-order valence-electron chi connectivity index (χ2n) is 0. The molecule has 0 nitrogen and oxygen atoms in total. The Morgan fingerprint density at radius 1 is 0.400 bits per heavy atom. The van der Waals surface area contributed by atoms with Crippen molar-refractivity contribution in [1.82, 2.24) is 0 Å². The fraction of sp³-hybridized carbons (Fsp3) is 0. The van der Waals surface area contributed by atoms with E-state index in [9.17, 15) is 0 Å². The fourth-order valence-corrected chi connectivity index (χ4v) is 0. The predicted molar refractivity (Wildman–Crippen MR) is 0 cm³/mol. The maximum absolute atomic E-state index is 0. The van der Waals surface area contributed by atoms with Crippen molar-refractivity contribution in [2.45, 2.75) is 0 Å². The Bertz CT molecular complexity index is 4.85. The molecule has 0 aromatic rings. The van der Waals surface area contributed by atoms with Gasteiger partial charge in [0, 0.05) is 107 Å². The van der Waals surface area contributed by atoms with E-state index in [1.807, 2.05) is 0 Å². The van der Waals surface area contributed by atoms with Crippen LogP contribution in [0.2, 0.25) is 0 Å². The summed E-state index contributed by atoms with van der Waals surface area (Å²) in [5, 5.41) is 0. The van der Waals surface area contributed by atoms with Crippen molar-refractivity contribution in [3.05, 3.63) is 0 Å². The molecule has 0 aliphatic carbocycles. The van der Waals surface area contributed by atoms with E-state index in [-0.39, 0.29) is 107 Å². The first-order valence-electron chi connectivity index (χ1n) is 0. The van der Waals surface area contributed by atoms with Crippen LogP contribution in [0.15, 0.2) is 0 Å². The second kappa shape index (κ2) is 25.8. The summed E-state index contributed by atoms with van der Waals surface area (Å²) in [6.45, 7) is 0. The third-order valence-corrected chi connectivity index (χ3v) is 0. The van der Waals surface area contributed by atoms with Gasteiger partial charge in [-0.2, -0.15) is 0 Å². The third-order valence-electron chi connectivity index (χ3n) is 0. The second-order valence-corrected chi connectivity index (χ2v) is 0. The summed E-state index contributed by atoms with van der Waals surface area (Å²) in [5.41, 5.74) is 0. The van der Waals surface area contributed by atoms with Crippen molar-refractivity contribution in [1.29, 1.82) is 0 Å². The summed E-state index contributed by atoms with van der Waals surface area (Å²) in [6, 6.07) is 0. The first-order chi connectivity index (χ1) is 0. The van der Waals surface area contributed by atoms with Gasteiger partial charge < -0.3 is 0 Å². The smallest absolute Gasteiger partial charge is 0 e. The van der Waals surface area contributed by atoms with Crippen molar-refractivity contribution in [3.63, 3.8) is 0 Å². The van der Waals surface area contributed by atoms with Crippen LogP contribution in [0.25, 0.3) is 0 Å². The molecule has 0 N–H and O–H groups in total. The van der Waals surface area contributed by atoms with E-state index in [1.54, 1.807) is 0 Å². The number of hydrogen-bond donors (Lipinski definition) is 0. The van der Waals surface area contributed by atoms with Crippen molar-refractivity contribution in [3.8, 4) is 0 Å². The van der Waals surface area contributed by atoms with Crippen LogP contribution >= 0.6 is 0 Å². The Morgan fingerprint density at radius 2 is 0.400 bits per heavy atom. The molecule has 0 bridgehead atoms. The summed E-state index contributed by atoms with van der Waals surface area (Å²) in [6.07, 6.45) is 0. The molecule has 0 spiro atoms. The Labute approximate surface area is 105 Å². The van der Waals surface area contributed by atoms with Crippen LogP contribution in [-0.4, -0.2) is 0 Å². The van der Waals surface area contributed by atoms with E-state index in [1.165, 1.54) is 0 Å². The first-order valence-corrected chi connectivity index (χ1v) is 0. The van der Waals surface area contributed by atoms with E-state index in [0.29, 0.717) is 0 Å². The van der Waals surface area contributed by atoms with Gasteiger partial charge in [0.15, 0.2) is 0 Å². The minimum absolute atomic E-state index is 0. The van der Waals surface area contributed by atoms with Crippen LogP contribution in [0.4, 0.5) is 0 Å². The van der Waals surface area contributed by atoms with Crippen LogP contribution < -0.4 is 0 Å². The Kier molecular flexibility index (Phi) is 201. The van der Waals surface area contributed by atoms with Gasteiger partial charge in [-0.1, -0.05) is 0 Å². The Hall–Kier alpha value is 3.52. The topological polar surface area (TPSA) is 0 Å². The van der Waals surface area contributed by atoms with Gasteiger partial charge in [0.05, 0.1) is 0 Å². The van der Waals surface area contributed by atoms with Crippen molar-refractivity contribution < 1.29 is 107 Å². The first kappa shape index (κ1) is 38.9. The molecule has 0 aliphatic heterocycles. The Morgan fingerprint density at radius 3 is 0.400 bits per heavy atom. The third kappa shape index (κ3) is 18.5. The summed E-state index contributed by atoms with van der Waals surface area (Å²) in [4.78, 5) is 0. The number of rotatable bonds is 0. The summed E-state index contributed by atoms with van der Waals surface area (Å²) >= 11 is 0. The molecule has 0 aromatic heterocycles. The molecular weight excluding hydrogens is 534 g/mol. The normalized spacial score (nSPS) is 0. The summed E-state index contributed by atoms with van der Waals surface area (Å²) in [7, 11) is 0. The van der Waals surface area contributed by atoms with E-state index in [4.69, 9.17) is 0 Å². The molecule has 0 heterocycles. The van der Waals surface area contributed by atoms with Gasteiger partial charge in [-0.25, -0.2) is 0 Å². The van der Waals surface area contributed by atoms with Crippen molar-refractivity contribution >= 4 is 0 Å². The van der Waals surface area contributed by atoms with E-state index in [2.05, 4.69) is 0 Å². The molecule has 0 radical (unpaired) electrons. The maximum Gasteiger partial charge on any atom is 0 e. The molecule has 0 atom stereocenters. The van der Waals surface area contributed by atoms with Gasteiger partial charge in [-0.15, -0.1) is 0 Å². The van der Waals surface area contributed by atoms with Crippen molar-refractivity contribution in [2.24, 2.45) is 0 Å². The molecular formula is Pt2Ti3. The molecule has 32 valence electrons. The van der Waals surface area contributed by atoms with Gasteiger partial charge in [0.25, 0.3) is 0 Å². The molecule has 0 aliphatic rings. The van der Waals surface area contributed by atoms with Gasteiger partial charge in [-0.3, -0.25) is 0 Å². The van der Waals surface area contributed by atoms with Gasteiger partial charge in [-0.05, 0) is 0 Å². The van der Waals surface area contributed by atoms with E-state index >= 15 is 0 Å². The molecule has 5 heteroatoms. The molecule has 0 unspecified atom stereocenters. The Balaban J connectivity index is 0. The largest absolute Gasteiger partial charge is 0 e. The molecule has 5 heavy (non-hydrogen) atoms. The molecule has 0 aromatic carbocycles. The average molecular weight is 534 g/mol. The zero-order chi connectivity index (χ0) is 0. The van der Waals surface area contributed by atoms with Crippen LogP contribution in [0.5, 0.6) is 0 Å². The fourth-order valence-electron chi connectivity index (χ4n) is 0. The zero-order valence-electron chi connectivity index (χ0n) is 2.13. The number of hydrogen-bond acceptors (Lipinski definition) is 0. The molecule has 0 saturated heterocycles. The minimum Gasteiger partial charge on any atom is 0 e. The van der Waals surface area contributed by atoms with E-state index < -0.39 is 0 Å². The van der Waals surface area contributed by atoms with Gasteiger partial charge >= 0.3 is 0 Å². The maximum atomic E-state index is 0. The van der Waals surface area contributed by atoms with Crippen LogP contribution in [-0.2, 0) is 107 Å². The zero-order valence-corrected chi connectivity index (χ0v) is 11.4. The molecule has 0 fully saturated rings. The van der Waals surface area contributed by atoms with Crippen molar-refractivity contribution in [2.75, 3.05) is 0 Å². The monoisotopic (exact) mass is 534 g/mol. The van der Waals surface area contributed by atoms with E-state index in [0.717, 1.165) is 0 Å². The average Bonchev–Trinajstić information content (AvgIpc) is 0. The predicted octanol–water partition coefficient (Wildman–Crippen LogP) is -0.0125. The van der Waals surface area contributed by atoms with Crippen LogP contribution in [0.1, 0.15) is 0 Å². The van der Waals surface area contributed by atoms with Gasteiger partial charge in [0.1, 0.15) is 0 Å². The quantitative estimate of drug-likeness (QED) is 0.385. The summed E-state index contributed by atoms with van der Waals surface area (Å²) in [5.74, 6) is 0. The molecule has 0 amide bonds. The standard InChI is InChI=1S/2Pt.3Ti. The van der Waals surface area contributed by atoms with Crippen LogP contribution in [0, 0.1) is 0 Å². The summed E-state index contributed by atoms with van der Waals surface area (Å²) < 4.78 is 0. The SMILES string of the molecule is [Pt].[Pt].[Ti].[Ti].[Ti]. The van der Waals surface area contributed by atoms with Gasteiger partial charge in [0.2, 0.25) is 0 Å².